The fraction of sp³-hybridized carbons (Fsp3) is 0.294. The van der Waals surface area contributed by atoms with Crippen molar-refractivity contribution in [1.82, 2.24) is 10.3 Å². The van der Waals surface area contributed by atoms with E-state index >= 15 is 0 Å². The third-order valence-corrected chi connectivity index (χ3v) is 5.00. The first-order valence-electron chi connectivity index (χ1n) is 8.08. The van der Waals surface area contributed by atoms with E-state index in [0.29, 0.717) is 12.3 Å². The topological polar surface area (TPSA) is 79.6 Å². The predicted octanol–water partition coefficient (Wildman–Crippen LogP) is 3.05. The van der Waals surface area contributed by atoms with Crippen LogP contribution in [0.1, 0.15) is 5.76 Å². The van der Waals surface area contributed by atoms with E-state index in [0.717, 1.165) is 47.3 Å². The van der Waals surface area contributed by atoms with E-state index in [1.165, 1.54) is 0 Å². The molecule has 0 saturated carbocycles. The molecule has 130 valence electrons. The summed E-state index contributed by atoms with van der Waals surface area (Å²) in [7, 11) is 0. The number of thiazole rings is 1. The van der Waals surface area contributed by atoms with Crippen LogP contribution in [0.4, 0.5) is 15.6 Å². The minimum Gasteiger partial charge on any atom is -0.467 e. The van der Waals surface area contributed by atoms with Gasteiger partial charge in [0.1, 0.15) is 5.76 Å². The normalized spacial score (nSPS) is 14.6. The van der Waals surface area contributed by atoms with Gasteiger partial charge in [-0.15, -0.1) is 0 Å². The maximum Gasteiger partial charge on any atom is 0.319 e. The highest BCUT2D eigenvalue weighted by atomic mass is 32.1. The monoisotopic (exact) mass is 358 g/mol. The lowest BCUT2D eigenvalue weighted by molar-refractivity contribution is 0.122. The second-order valence-corrected chi connectivity index (χ2v) is 6.67. The summed E-state index contributed by atoms with van der Waals surface area (Å²) in [5.74, 6) is 0.711. The number of fused-ring (bicyclic) bond motifs is 1. The summed E-state index contributed by atoms with van der Waals surface area (Å²) in [4.78, 5) is 18.9. The van der Waals surface area contributed by atoms with E-state index in [-0.39, 0.29) is 6.03 Å². The maximum absolute atomic E-state index is 12.0. The van der Waals surface area contributed by atoms with Crippen molar-refractivity contribution in [3.8, 4) is 0 Å². The minimum absolute atomic E-state index is 0.270. The Bertz CT molecular complexity index is 856. The van der Waals surface area contributed by atoms with Gasteiger partial charge in [0.15, 0.2) is 5.13 Å². The van der Waals surface area contributed by atoms with Crippen LogP contribution in [-0.2, 0) is 11.3 Å². The number of carbonyl (C=O) groups excluding carboxylic acids is 1. The first-order valence-corrected chi connectivity index (χ1v) is 8.90. The van der Waals surface area contributed by atoms with Crippen LogP contribution in [0.3, 0.4) is 0 Å². The van der Waals surface area contributed by atoms with Crippen LogP contribution in [0.15, 0.2) is 41.0 Å². The number of rotatable bonds is 4. The summed E-state index contributed by atoms with van der Waals surface area (Å²) < 4.78 is 11.6. The van der Waals surface area contributed by atoms with Crippen molar-refractivity contribution in [3.63, 3.8) is 0 Å². The molecule has 0 unspecified atom stereocenters. The zero-order valence-corrected chi connectivity index (χ0v) is 14.3. The van der Waals surface area contributed by atoms with Crippen molar-refractivity contribution in [1.29, 1.82) is 0 Å². The van der Waals surface area contributed by atoms with Crippen LogP contribution in [0, 0.1) is 0 Å². The zero-order valence-electron chi connectivity index (χ0n) is 13.5. The van der Waals surface area contributed by atoms with Gasteiger partial charge in [-0.1, -0.05) is 11.3 Å². The smallest absolute Gasteiger partial charge is 0.319 e. The Kier molecular flexibility index (Phi) is 4.53. The number of ether oxygens (including phenoxy) is 1. The highest BCUT2D eigenvalue weighted by Crippen LogP contribution is 2.31. The van der Waals surface area contributed by atoms with Crippen LogP contribution >= 0.6 is 11.3 Å². The number of anilines is 2. The number of amides is 2. The Morgan fingerprint density at radius 2 is 2.16 bits per heavy atom. The molecule has 4 rings (SSSR count). The van der Waals surface area contributed by atoms with Gasteiger partial charge in [0.25, 0.3) is 0 Å². The molecule has 1 aliphatic heterocycles. The molecule has 0 aliphatic carbocycles. The summed E-state index contributed by atoms with van der Waals surface area (Å²) in [6.07, 6.45) is 1.58. The van der Waals surface area contributed by atoms with Crippen molar-refractivity contribution in [3.05, 3.63) is 42.4 Å². The molecular weight excluding hydrogens is 340 g/mol. The summed E-state index contributed by atoms with van der Waals surface area (Å²) in [5, 5.41) is 6.60. The molecule has 1 aromatic carbocycles. The van der Waals surface area contributed by atoms with E-state index in [1.54, 1.807) is 23.7 Å². The summed E-state index contributed by atoms with van der Waals surface area (Å²) in [6.45, 7) is 3.54. The van der Waals surface area contributed by atoms with Gasteiger partial charge in [-0.25, -0.2) is 9.78 Å². The SMILES string of the molecule is O=C(NCc1ccco1)Nc1ccc2nc(N3CCOCC3)sc2c1. The third kappa shape index (κ3) is 3.75. The molecule has 2 aromatic heterocycles. The number of hydrogen-bond donors (Lipinski definition) is 2. The van der Waals surface area contributed by atoms with Crippen molar-refractivity contribution in [2.45, 2.75) is 6.54 Å². The van der Waals surface area contributed by atoms with Crippen molar-refractivity contribution in [2.24, 2.45) is 0 Å². The summed E-state index contributed by atoms with van der Waals surface area (Å²) in [5.41, 5.74) is 1.68. The predicted molar refractivity (Wildman–Crippen MR) is 97.2 cm³/mol. The Hall–Kier alpha value is -2.58. The zero-order chi connectivity index (χ0) is 17.1. The van der Waals surface area contributed by atoms with E-state index in [4.69, 9.17) is 9.15 Å². The number of benzene rings is 1. The minimum atomic E-state index is -0.270. The van der Waals surface area contributed by atoms with E-state index < -0.39 is 0 Å². The lowest BCUT2D eigenvalue weighted by atomic mass is 10.3. The highest BCUT2D eigenvalue weighted by molar-refractivity contribution is 7.22. The summed E-state index contributed by atoms with van der Waals surface area (Å²) >= 11 is 1.63. The third-order valence-electron chi connectivity index (χ3n) is 3.92. The van der Waals surface area contributed by atoms with Crippen molar-refractivity contribution >= 4 is 38.4 Å². The van der Waals surface area contributed by atoms with Gasteiger partial charge in [-0.05, 0) is 30.3 Å². The van der Waals surface area contributed by atoms with Gasteiger partial charge < -0.3 is 24.7 Å². The summed E-state index contributed by atoms with van der Waals surface area (Å²) in [6, 6.07) is 9.07. The molecule has 1 fully saturated rings. The number of hydrogen-bond acceptors (Lipinski definition) is 6. The molecule has 7 nitrogen and oxygen atoms in total. The fourth-order valence-corrected chi connectivity index (χ4v) is 3.69. The van der Waals surface area contributed by atoms with Gasteiger partial charge in [0.2, 0.25) is 0 Å². The highest BCUT2D eigenvalue weighted by Gasteiger charge is 2.15. The molecule has 0 radical (unpaired) electrons. The van der Waals surface area contributed by atoms with Crippen LogP contribution in [0.25, 0.3) is 10.2 Å². The standard InChI is InChI=1S/C17H18N4O3S/c22-16(18-11-13-2-1-7-24-13)19-12-3-4-14-15(10-12)25-17(20-14)21-5-8-23-9-6-21/h1-4,7,10H,5-6,8-9,11H2,(H2,18,19,22). The molecule has 25 heavy (non-hydrogen) atoms. The number of furan rings is 1. The number of nitrogens with zero attached hydrogens (tertiary/aromatic N) is 2. The number of morpholine rings is 1. The second kappa shape index (κ2) is 7.12. The molecule has 2 amide bonds. The molecule has 8 heteroatoms. The van der Waals surface area contributed by atoms with Crippen LogP contribution in [0.5, 0.6) is 0 Å². The van der Waals surface area contributed by atoms with Crippen LogP contribution in [0.2, 0.25) is 0 Å². The van der Waals surface area contributed by atoms with Crippen LogP contribution < -0.4 is 15.5 Å². The first kappa shape index (κ1) is 15.9. The molecule has 1 aliphatic rings. The van der Waals surface area contributed by atoms with Gasteiger partial charge in [0, 0.05) is 18.8 Å². The average Bonchev–Trinajstić information content (AvgIpc) is 3.30. The molecule has 2 N–H and O–H groups in total. The molecular formula is C17H18N4O3S. The average molecular weight is 358 g/mol. The molecule has 3 heterocycles. The Balaban J connectivity index is 1.42. The lowest BCUT2D eigenvalue weighted by Gasteiger charge is -2.25. The Morgan fingerprint density at radius 1 is 1.28 bits per heavy atom. The van der Waals surface area contributed by atoms with Crippen molar-refractivity contribution < 1.29 is 13.9 Å². The first-order chi connectivity index (χ1) is 12.3. The largest absolute Gasteiger partial charge is 0.467 e. The number of urea groups is 1. The Morgan fingerprint density at radius 3 is 2.96 bits per heavy atom. The number of nitrogens with one attached hydrogen (secondary N) is 2. The second-order valence-electron chi connectivity index (χ2n) is 5.67. The number of carbonyl (C=O) groups is 1. The fourth-order valence-electron chi connectivity index (χ4n) is 2.64. The number of aromatic nitrogens is 1. The maximum atomic E-state index is 12.0. The molecule has 0 spiro atoms. The molecule has 1 saturated heterocycles. The van der Waals surface area contributed by atoms with E-state index in [1.807, 2.05) is 24.3 Å². The van der Waals surface area contributed by atoms with E-state index in [9.17, 15) is 4.79 Å². The Labute approximate surface area is 148 Å². The molecule has 0 atom stereocenters. The quantitative estimate of drug-likeness (QED) is 0.749. The van der Waals surface area contributed by atoms with Gasteiger partial charge in [0.05, 0.1) is 36.2 Å². The van der Waals surface area contributed by atoms with Crippen LogP contribution in [-0.4, -0.2) is 37.3 Å². The van der Waals surface area contributed by atoms with E-state index in [2.05, 4.69) is 20.5 Å². The van der Waals surface area contributed by atoms with Gasteiger partial charge in [-0.3, -0.25) is 0 Å². The lowest BCUT2D eigenvalue weighted by Crippen LogP contribution is -2.36. The van der Waals surface area contributed by atoms with Crippen molar-refractivity contribution in [2.75, 3.05) is 36.5 Å². The van der Waals surface area contributed by atoms with Gasteiger partial charge >= 0.3 is 6.03 Å². The molecule has 0 bridgehead atoms. The molecule has 3 aromatic rings. The van der Waals surface area contributed by atoms with Gasteiger partial charge in [-0.2, -0.15) is 0 Å².